The fourth-order valence-corrected chi connectivity index (χ4v) is 0.578. The van der Waals surface area contributed by atoms with E-state index in [0.717, 1.165) is 4.48 Å². The summed E-state index contributed by atoms with van der Waals surface area (Å²) in [6.07, 6.45) is 5.05. The smallest absolute Gasteiger partial charge is 0.251 e. The molecule has 0 aromatic heterocycles. The second-order valence-electron chi connectivity index (χ2n) is 1.91. The molecule has 0 unspecified atom stereocenters. The first-order valence-corrected chi connectivity index (χ1v) is 4.10. The Balaban J connectivity index is 4.05. The Morgan fingerprint density at radius 3 is 2.55 bits per heavy atom. The van der Waals surface area contributed by atoms with Gasteiger partial charge in [0.25, 0.3) is 5.24 Å². The minimum Gasteiger partial charge on any atom is -0.276 e. The average Bonchev–Trinajstić information content (AvgIpc) is 1.86. The van der Waals surface area contributed by atoms with Gasteiger partial charge in [-0.2, -0.15) is 0 Å². The summed E-state index contributed by atoms with van der Waals surface area (Å²) in [4.78, 5) is 10.4. The number of hydrogen-bond donors (Lipinski definition) is 0. The topological polar surface area (TPSA) is 17.1 Å². The molecular weight excluding hydrogens is 227 g/mol. The molecule has 0 atom stereocenters. The normalized spacial score (nSPS) is 12.1. The summed E-state index contributed by atoms with van der Waals surface area (Å²) in [5.41, 5.74) is 0.289. The first-order chi connectivity index (χ1) is 5.04. The molecule has 0 saturated carbocycles. The second-order valence-corrected chi connectivity index (χ2v) is 3.51. The minimum atomic E-state index is -0.526. The lowest BCUT2D eigenvalue weighted by molar-refractivity contribution is -0.108. The molecule has 3 heteroatoms. The largest absolute Gasteiger partial charge is 0.276 e. The first kappa shape index (κ1) is 10.7. The summed E-state index contributed by atoms with van der Waals surface area (Å²) in [5.74, 6) is 0. The molecule has 0 aromatic carbocycles. The molecule has 0 heterocycles. The zero-order valence-corrected chi connectivity index (χ0v) is 8.45. The number of halogens is 2. The van der Waals surface area contributed by atoms with Crippen LogP contribution >= 0.6 is 27.5 Å². The van der Waals surface area contributed by atoms with Crippen LogP contribution in [0, 0.1) is 0 Å². The summed E-state index contributed by atoms with van der Waals surface area (Å²) < 4.78 is 0.976. The van der Waals surface area contributed by atoms with E-state index in [1.807, 2.05) is 6.92 Å². The maximum Gasteiger partial charge on any atom is 0.251 e. The third-order valence-electron chi connectivity index (χ3n) is 0.876. The van der Waals surface area contributed by atoms with E-state index in [1.165, 1.54) is 0 Å². The zero-order chi connectivity index (χ0) is 8.85. The van der Waals surface area contributed by atoms with Crippen molar-refractivity contribution in [1.29, 1.82) is 0 Å². The van der Waals surface area contributed by atoms with Crippen LogP contribution < -0.4 is 0 Å². The third-order valence-corrected chi connectivity index (χ3v) is 1.38. The van der Waals surface area contributed by atoms with Crippen LogP contribution in [0.1, 0.15) is 6.92 Å². The van der Waals surface area contributed by atoms with E-state index in [2.05, 4.69) is 22.5 Å². The van der Waals surface area contributed by atoms with Crippen molar-refractivity contribution in [3.8, 4) is 0 Å². The highest BCUT2D eigenvalue weighted by molar-refractivity contribution is 9.11. The Bertz CT molecular complexity index is 224. The monoisotopic (exact) mass is 234 g/mol. The summed E-state index contributed by atoms with van der Waals surface area (Å²) >= 11 is 8.35. The van der Waals surface area contributed by atoms with Crippen LogP contribution in [0.5, 0.6) is 0 Å². The van der Waals surface area contributed by atoms with E-state index in [0.29, 0.717) is 0 Å². The maximum absolute atomic E-state index is 10.4. The summed E-state index contributed by atoms with van der Waals surface area (Å²) in [6, 6.07) is 0. The molecule has 0 N–H and O–H groups in total. The molecule has 0 fully saturated rings. The highest BCUT2D eigenvalue weighted by Crippen LogP contribution is 2.03. The number of carbonyl (C=O) groups is 1. The van der Waals surface area contributed by atoms with E-state index in [4.69, 9.17) is 11.6 Å². The van der Waals surface area contributed by atoms with E-state index in [9.17, 15) is 4.79 Å². The lowest BCUT2D eigenvalue weighted by Crippen LogP contribution is -1.84. The van der Waals surface area contributed by atoms with Crippen molar-refractivity contribution >= 4 is 32.8 Å². The third kappa shape index (κ3) is 6.07. The van der Waals surface area contributed by atoms with Crippen molar-refractivity contribution in [2.45, 2.75) is 6.92 Å². The molecule has 0 radical (unpaired) electrons. The van der Waals surface area contributed by atoms with E-state index < -0.39 is 5.24 Å². The van der Waals surface area contributed by atoms with Crippen molar-refractivity contribution in [1.82, 2.24) is 0 Å². The van der Waals surface area contributed by atoms with Crippen LogP contribution in [0.25, 0.3) is 0 Å². The standard InChI is InChI=1S/C8H8BrClO/c1-6(8(10)11)4-3-5-7(2)9/h3-5H,1H2,2H3/b4-3-,7-5+. The minimum absolute atomic E-state index is 0.289. The van der Waals surface area contributed by atoms with Gasteiger partial charge in [0, 0.05) is 5.57 Å². The van der Waals surface area contributed by atoms with Crippen molar-refractivity contribution in [3.05, 3.63) is 34.9 Å². The molecule has 0 aliphatic heterocycles. The Morgan fingerprint density at radius 2 is 2.18 bits per heavy atom. The fraction of sp³-hybridized carbons (Fsp3) is 0.125. The molecule has 1 nitrogen and oxygen atoms in total. The van der Waals surface area contributed by atoms with Crippen LogP contribution in [0.4, 0.5) is 0 Å². The first-order valence-electron chi connectivity index (χ1n) is 2.93. The molecule has 0 aliphatic carbocycles. The second kappa shape index (κ2) is 5.33. The summed E-state index contributed by atoms with van der Waals surface area (Å²) in [5, 5.41) is -0.526. The Morgan fingerprint density at radius 1 is 1.64 bits per heavy atom. The zero-order valence-electron chi connectivity index (χ0n) is 6.10. The van der Waals surface area contributed by atoms with Gasteiger partial charge in [0.2, 0.25) is 0 Å². The van der Waals surface area contributed by atoms with Crippen LogP contribution in [0.15, 0.2) is 34.9 Å². The summed E-state index contributed by atoms with van der Waals surface area (Å²) in [6.45, 7) is 5.32. The van der Waals surface area contributed by atoms with Crippen LogP contribution in [0.2, 0.25) is 0 Å². The van der Waals surface area contributed by atoms with Gasteiger partial charge >= 0.3 is 0 Å². The van der Waals surface area contributed by atoms with Gasteiger partial charge in [-0.3, -0.25) is 4.79 Å². The quantitative estimate of drug-likeness (QED) is 0.417. The molecule has 0 saturated heterocycles. The summed E-state index contributed by atoms with van der Waals surface area (Å²) in [7, 11) is 0. The van der Waals surface area contributed by atoms with Crippen molar-refractivity contribution in [2.24, 2.45) is 0 Å². The van der Waals surface area contributed by atoms with Crippen molar-refractivity contribution < 1.29 is 4.79 Å². The van der Waals surface area contributed by atoms with E-state index >= 15 is 0 Å². The van der Waals surface area contributed by atoms with Gasteiger partial charge in [0.15, 0.2) is 0 Å². The lowest BCUT2D eigenvalue weighted by Gasteiger charge is -1.86. The van der Waals surface area contributed by atoms with Gasteiger partial charge in [0.1, 0.15) is 0 Å². The molecule has 0 aromatic rings. The van der Waals surface area contributed by atoms with Crippen LogP contribution in [-0.4, -0.2) is 5.24 Å². The van der Waals surface area contributed by atoms with Gasteiger partial charge in [-0.05, 0) is 23.0 Å². The number of hydrogen-bond acceptors (Lipinski definition) is 1. The van der Waals surface area contributed by atoms with Crippen LogP contribution in [-0.2, 0) is 4.79 Å². The van der Waals surface area contributed by atoms with Gasteiger partial charge in [-0.15, -0.1) is 0 Å². The van der Waals surface area contributed by atoms with Crippen molar-refractivity contribution in [3.63, 3.8) is 0 Å². The predicted molar refractivity (Wildman–Crippen MR) is 51.8 cm³/mol. The van der Waals surface area contributed by atoms with E-state index in [1.54, 1.807) is 18.2 Å². The Labute approximate surface area is 79.6 Å². The molecule has 0 amide bonds. The molecule has 0 spiro atoms. The van der Waals surface area contributed by atoms with E-state index in [-0.39, 0.29) is 5.57 Å². The molecular formula is C8H8BrClO. The fourth-order valence-electron chi connectivity index (χ4n) is 0.362. The van der Waals surface area contributed by atoms with Crippen molar-refractivity contribution in [2.75, 3.05) is 0 Å². The number of carbonyl (C=O) groups excluding carboxylic acids is 1. The van der Waals surface area contributed by atoms with Gasteiger partial charge in [-0.25, -0.2) is 0 Å². The SMILES string of the molecule is C=C(/C=C\C=C(/C)Br)C(=O)Cl. The van der Waals surface area contributed by atoms with Gasteiger partial charge in [0.05, 0.1) is 0 Å². The highest BCUT2D eigenvalue weighted by Gasteiger charge is 1.94. The highest BCUT2D eigenvalue weighted by atomic mass is 79.9. The molecule has 0 rings (SSSR count). The molecule has 60 valence electrons. The molecule has 0 bridgehead atoms. The molecule has 0 aliphatic rings. The van der Waals surface area contributed by atoms with Gasteiger partial charge < -0.3 is 0 Å². The molecule has 11 heavy (non-hydrogen) atoms. The number of allylic oxidation sites excluding steroid dienone is 5. The Kier molecular flexibility index (Phi) is 5.16. The average molecular weight is 236 g/mol. The number of rotatable bonds is 3. The van der Waals surface area contributed by atoms with Crippen LogP contribution in [0.3, 0.4) is 0 Å². The van der Waals surface area contributed by atoms with Gasteiger partial charge in [-0.1, -0.05) is 40.7 Å². The predicted octanol–water partition coefficient (Wildman–Crippen LogP) is 3.16. The Hall–Kier alpha value is -0.340. The maximum atomic E-state index is 10.4. The lowest BCUT2D eigenvalue weighted by atomic mass is 10.3.